The number of Topliss-reactive ketones (excluding diaryl/α,β-unsaturated/α-hetero) is 1. The van der Waals surface area contributed by atoms with Gasteiger partial charge in [-0.25, -0.2) is 0 Å². The number of alkyl halides is 2. The Labute approximate surface area is 184 Å². The van der Waals surface area contributed by atoms with Gasteiger partial charge < -0.3 is 4.74 Å². The minimum Gasteiger partial charge on any atom is -0.381 e. The van der Waals surface area contributed by atoms with Gasteiger partial charge in [0.1, 0.15) is 10.6 Å². The van der Waals surface area contributed by atoms with Gasteiger partial charge in [-0.05, 0) is 87.7 Å². The first-order valence-corrected chi connectivity index (χ1v) is 12.9. The van der Waals surface area contributed by atoms with Gasteiger partial charge in [-0.1, -0.05) is 18.6 Å². The number of carbonyl (C=O) groups excluding carboxylic acids is 1. The monoisotopic (exact) mass is 444 g/mol. The van der Waals surface area contributed by atoms with E-state index in [0.717, 1.165) is 38.5 Å². The molecule has 4 aliphatic carbocycles. The van der Waals surface area contributed by atoms with Gasteiger partial charge in [0.05, 0.1) is 11.5 Å². The zero-order valence-corrected chi connectivity index (χ0v) is 19.9. The van der Waals surface area contributed by atoms with E-state index in [1.807, 2.05) is 7.11 Å². The van der Waals surface area contributed by atoms with Gasteiger partial charge in [0.15, 0.2) is 0 Å². The molecule has 158 valence electrons. The standard InChI is InChI=1S/C23H34Cl2O2S/c1-14(26)22(20(24)25)11-9-18-17-6-5-15-13-16(27-3)7-12-23(15,28-4)19(17)8-10-21(18,22)2/h5,16-20H,6-13H2,1-4H3. The second kappa shape index (κ2) is 7.46. The van der Waals surface area contributed by atoms with Gasteiger partial charge in [0.25, 0.3) is 0 Å². The molecule has 28 heavy (non-hydrogen) atoms. The van der Waals surface area contributed by atoms with E-state index in [9.17, 15) is 4.79 Å². The highest BCUT2D eigenvalue weighted by atomic mass is 35.5. The Kier molecular flexibility index (Phi) is 5.74. The van der Waals surface area contributed by atoms with Crippen molar-refractivity contribution in [2.24, 2.45) is 28.6 Å². The second-order valence-electron chi connectivity index (χ2n) is 9.86. The van der Waals surface area contributed by atoms with Gasteiger partial charge in [-0.2, -0.15) is 11.8 Å². The number of fused-ring (bicyclic) bond motifs is 5. The lowest BCUT2D eigenvalue weighted by Crippen LogP contribution is -2.57. The van der Waals surface area contributed by atoms with Crippen LogP contribution in [0.15, 0.2) is 11.6 Å². The average molecular weight is 445 g/mol. The molecule has 0 radical (unpaired) electrons. The van der Waals surface area contributed by atoms with E-state index in [4.69, 9.17) is 27.9 Å². The van der Waals surface area contributed by atoms with Crippen LogP contribution in [0.3, 0.4) is 0 Å². The van der Waals surface area contributed by atoms with Crippen molar-refractivity contribution in [1.82, 2.24) is 0 Å². The fourth-order valence-electron chi connectivity index (χ4n) is 7.96. The zero-order valence-electron chi connectivity index (χ0n) is 17.6. The number of carbonyl (C=O) groups is 1. The van der Waals surface area contributed by atoms with E-state index >= 15 is 0 Å². The van der Waals surface area contributed by atoms with Gasteiger partial charge in [0.2, 0.25) is 0 Å². The molecule has 0 saturated heterocycles. The van der Waals surface area contributed by atoms with Crippen LogP contribution >= 0.6 is 35.0 Å². The molecule has 5 heteroatoms. The summed E-state index contributed by atoms with van der Waals surface area (Å²) in [7, 11) is 1.85. The lowest BCUT2D eigenvalue weighted by atomic mass is 9.48. The molecule has 0 aromatic rings. The molecule has 7 atom stereocenters. The fraction of sp³-hybridized carbons (Fsp3) is 0.870. The van der Waals surface area contributed by atoms with Crippen LogP contribution < -0.4 is 0 Å². The van der Waals surface area contributed by atoms with Crippen molar-refractivity contribution >= 4 is 40.7 Å². The lowest BCUT2D eigenvalue weighted by molar-refractivity contribution is -0.137. The van der Waals surface area contributed by atoms with Crippen molar-refractivity contribution in [2.45, 2.75) is 80.9 Å². The molecule has 7 unspecified atom stereocenters. The Bertz CT molecular complexity index is 680. The molecule has 4 rings (SSSR count). The molecule has 0 N–H and O–H groups in total. The third kappa shape index (κ3) is 2.68. The number of ether oxygens (including phenoxy) is 1. The van der Waals surface area contributed by atoms with E-state index in [2.05, 4.69) is 31.0 Å². The highest BCUT2D eigenvalue weighted by Gasteiger charge is 2.67. The molecule has 0 spiro atoms. The van der Waals surface area contributed by atoms with Crippen LogP contribution in [0.2, 0.25) is 0 Å². The molecule has 0 aromatic carbocycles. The number of hydrogen-bond acceptors (Lipinski definition) is 3. The highest BCUT2D eigenvalue weighted by Crippen LogP contribution is 2.71. The normalized spacial score (nSPS) is 47.9. The highest BCUT2D eigenvalue weighted by molar-refractivity contribution is 8.00. The molecule has 2 nitrogen and oxygen atoms in total. The summed E-state index contributed by atoms with van der Waals surface area (Å²) >= 11 is 15.1. The molecule has 4 aliphatic rings. The smallest absolute Gasteiger partial charge is 0.139 e. The Morgan fingerprint density at radius 2 is 1.93 bits per heavy atom. The van der Waals surface area contributed by atoms with E-state index < -0.39 is 10.3 Å². The molecule has 0 heterocycles. The number of thioether (sulfide) groups is 1. The van der Waals surface area contributed by atoms with Crippen molar-refractivity contribution in [3.05, 3.63) is 11.6 Å². The van der Waals surface area contributed by atoms with Crippen molar-refractivity contribution in [3.63, 3.8) is 0 Å². The van der Waals surface area contributed by atoms with Crippen molar-refractivity contribution in [2.75, 3.05) is 13.4 Å². The first-order valence-electron chi connectivity index (χ1n) is 10.8. The van der Waals surface area contributed by atoms with Crippen LogP contribution in [0.5, 0.6) is 0 Å². The van der Waals surface area contributed by atoms with Crippen LogP contribution in [0.4, 0.5) is 0 Å². The first-order chi connectivity index (χ1) is 13.3. The SMILES string of the molecule is COC1CCC2(SC)C(=CCC3C2CCC2(C)C3CCC2(C(C)=O)C(Cl)Cl)C1. The largest absolute Gasteiger partial charge is 0.381 e. The Morgan fingerprint density at radius 3 is 2.54 bits per heavy atom. The minimum absolute atomic E-state index is 0.0805. The lowest BCUT2D eigenvalue weighted by Gasteiger charge is -2.60. The summed E-state index contributed by atoms with van der Waals surface area (Å²) < 4.78 is 5.98. The number of hydrogen-bond donors (Lipinski definition) is 0. The Hall–Kier alpha value is 0.300. The second-order valence-corrected chi connectivity index (χ2v) is 12.1. The maximum Gasteiger partial charge on any atom is 0.139 e. The zero-order chi connectivity index (χ0) is 20.3. The van der Waals surface area contributed by atoms with Crippen molar-refractivity contribution in [3.8, 4) is 0 Å². The predicted octanol–water partition coefficient (Wildman–Crippen LogP) is 6.44. The maximum atomic E-state index is 12.8. The summed E-state index contributed by atoms with van der Waals surface area (Å²) in [6.45, 7) is 4.04. The Balaban J connectivity index is 1.71. The number of allylic oxidation sites excluding steroid dienone is 1. The van der Waals surface area contributed by atoms with Gasteiger partial charge in [-0.3, -0.25) is 4.79 Å². The molecule has 0 bridgehead atoms. The van der Waals surface area contributed by atoms with E-state index in [-0.39, 0.29) is 15.9 Å². The van der Waals surface area contributed by atoms with E-state index in [0.29, 0.717) is 23.9 Å². The molecule has 0 aliphatic heterocycles. The van der Waals surface area contributed by atoms with Crippen LogP contribution in [0, 0.1) is 28.6 Å². The summed E-state index contributed by atoms with van der Waals surface area (Å²) in [5, 5.41) is 0. The van der Waals surface area contributed by atoms with Gasteiger partial charge in [0, 0.05) is 11.9 Å². The fourth-order valence-corrected chi connectivity index (χ4v) is 10.3. The van der Waals surface area contributed by atoms with Crippen LogP contribution in [0.25, 0.3) is 0 Å². The number of methoxy groups -OCH3 is 1. The molecular formula is C23H34Cl2O2S. The molecule has 0 aromatic heterocycles. The predicted molar refractivity (Wildman–Crippen MR) is 119 cm³/mol. The first kappa shape index (κ1) is 21.5. The van der Waals surface area contributed by atoms with Gasteiger partial charge >= 0.3 is 0 Å². The summed E-state index contributed by atoms with van der Waals surface area (Å²) in [5.41, 5.74) is 0.977. The van der Waals surface area contributed by atoms with Crippen molar-refractivity contribution < 1.29 is 9.53 Å². The number of halogens is 2. The van der Waals surface area contributed by atoms with Crippen LogP contribution in [-0.4, -0.2) is 34.8 Å². The topological polar surface area (TPSA) is 26.3 Å². The van der Waals surface area contributed by atoms with Crippen molar-refractivity contribution in [1.29, 1.82) is 0 Å². The quantitative estimate of drug-likeness (QED) is 0.368. The van der Waals surface area contributed by atoms with E-state index in [1.54, 1.807) is 12.5 Å². The minimum atomic E-state index is -0.613. The summed E-state index contributed by atoms with van der Waals surface area (Å²) in [6.07, 6.45) is 14.0. The molecular weight excluding hydrogens is 411 g/mol. The average Bonchev–Trinajstić information content (AvgIpc) is 3.01. The Morgan fingerprint density at radius 1 is 1.21 bits per heavy atom. The van der Waals surface area contributed by atoms with Gasteiger partial charge in [-0.15, -0.1) is 23.2 Å². The summed E-state index contributed by atoms with van der Waals surface area (Å²) in [6, 6.07) is 0. The number of ketones is 1. The number of rotatable bonds is 4. The third-order valence-electron chi connectivity index (χ3n) is 9.46. The molecule has 0 amide bonds. The third-order valence-corrected chi connectivity index (χ3v) is 11.7. The molecule has 3 saturated carbocycles. The summed E-state index contributed by atoms with van der Waals surface area (Å²) in [5.74, 6) is 2.07. The maximum absolute atomic E-state index is 12.8. The summed E-state index contributed by atoms with van der Waals surface area (Å²) in [4.78, 5) is 12.2. The molecule has 3 fully saturated rings. The van der Waals surface area contributed by atoms with Crippen LogP contribution in [-0.2, 0) is 9.53 Å². The van der Waals surface area contributed by atoms with E-state index in [1.165, 1.54) is 12.8 Å². The van der Waals surface area contributed by atoms with Crippen LogP contribution in [0.1, 0.15) is 65.2 Å².